The average molecular weight is 411 g/mol. The standard InChI is InChI=1S/C21H21N3O4S/c1-10-17-12(8-21(2,3)9-13(17)25)22-18(10)19(26)24-20-23-11-6-14-15(7-16(11)29-20)28-5-4-27-14/h6-7,22H,4-5,8-9H2,1-3H3,(H,23,24,26). The number of ketones is 1. The molecule has 2 aromatic heterocycles. The molecule has 0 spiro atoms. The Hall–Kier alpha value is -2.87. The molecule has 8 heteroatoms. The van der Waals surface area contributed by atoms with Crippen molar-refractivity contribution in [2.45, 2.75) is 33.6 Å². The van der Waals surface area contributed by atoms with E-state index in [-0.39, 0.29) is 17.1 Å². The van der Waals surface area contributed by atoms with E-state index in [4.69, 9.17) is 9.47 Å². The number of ether oxygens (including phenoxy) is 2. The molecule has 1 aromatic carbocycles. The predicted molar refractivity (Wildman–Crippen MR) is 111 cm³/mol. The summed E-state index contributed by atoms with van der Waals surface area (Å²) in [5.74, 6) is 1.16. The molecule has 1 aliphatic carbocycles. The zero-order chi connectivity index (χ0) is 20.3. The van der Waals surface area contributed by atoms with Crippen molar-refractivity contribution in [3.05, 3.63) is 34.6 Å². The van der Waals surface area contributed by atoms with Crippen LogP contribution in [0.25, 0.3) is 10.2 Å². The van der Waals surface area contributed by atoms with Gasteiger partial charge in [-0.05, 0) is 24.3 Å². The summed E-state index contributed by atoms with van der Waals surface area (Å²) >= 11 is 1.37. The van der Waals surface area contributed by atoms with E-state index < -0.39 is 0 Å². The lowest BCUT2D eigenvalue weighted by Crippen LogP contribution is -2.26. The molecule has 3 heterocycles. The minimum atomic E-state index is -0.293. The molecule has 150 valence electrons. The molecular formula is C21H21N3O4S. The van der Waals surface area contributed by atoms with Gasteiger partial charge in [0.05, 0.1) is 10.2 Å². The lowest BCUT2D eigenvalue weighted by molar-refractivity contribution is 0.0910. The van der Waals surface area contributed by atoms with Crippen LogP contribution in [0.3, 0.4) is 0 Å². The highest BCUT2D eigenvalue weighted by Crippen LogP contribution is 2.39. The number of thiazole rings is 1. The Balaban J connectivity index is 1.44. The zero-order valence-electron chi connectivity index (χ0n) is 16.5. The first-order chi connectivity index (χ1) is 13.8. The minimum Gasteiger partial charge on any atom is -0.486 e. The number of nitrogens with zero attached hydrogens (tertiary/aromatic N) is 1. The Morgan fingerprint density at radius 2 is 1.93 bits per heavy atom. The smallest absolute Gasteiger partial charge is 0.274 e. The number of H-pyrrole nitrogens is 1. The van der Waals surface area contributed by atoms with Crippen LogP contribution in [0.15, 0.2) is 12.1 Å². The third-order valence-electron chi connectivity index (χ3n) is 5.40. The van der Waals surface area contributed by atoms with E-state index in [1.807, 2.05) is 19.1 Å². The van der Waals surface area contributed by atoms with Gasteiger partial charge in [-0.2, -0.15) is 0 Å². The summed E-state index contributed by atoms with van der Waals surface area (Å²) in [5.41, 5.74) is 3.28. The predicted octanol–water partition coefficient (Wildman–Crippen LogP) is 4.11. The molecule has 0 saturated carbocycles. The Morgan fingerprint density at radius 1 is 1.21 bits per heavy atom. The molecule has 5 rings (SSSR count). The van der Waals surface area contributed by atoms with Crippen LogP contribution >= 0.6 is 11.3 Å². The molecule has 0 bridgehead atoms. The van der Waals surface area contributed by atoms with Gasteiger partial charge in [0, 0.05) is 29.8 Å². The summed E-state index contributed by atoms with van der Waals surface area (Å²) in [6.45, 7) is 6.99. The Bertz CT molecular complexity index is 1130. The summed E-state index contributed by atoms with van der Waals surface area (Å²) in [5, 5.41) is 3.36. The van der Waals surface area contributed by atoms with E-state index in [9.17, 15) is 9.59 Å². The van der Waals surface area contributed by atoms with Crippen LogP contribution in [0.1, 0.15) is 52.4 Å². The van der Waals surface area contributed by atoms with E-state index in [1.165, 1.54) is 11.3 Å². The number of aromatic amines is 1. The number of aromatic nitrogens is 2. The molecule has 0 saturated heterocycles. The second-order valence-electron chi connectivity index (χ2n) is 8.36. The van der Waals surface area contributed by atoms with E-state index in [1.54, 1.807) is 0 Å². The van der Waals surface area contributed by atoms with Gasteiger partial charge in [-0.1, -0.05) is 25.2 Å². The van der Waals surface area contributed by atoms with E-state index in [0.717, 1.165) is 22.3 Å². The molecule has 2 aliphatic rings. The largest absolute Gasteiger partial charge is 0.486 e. The third kappa shape index (κ3) is 3.07. The molecule has 0 radical (unpaired) electrons. The SMILES string of the molecule is Cc1c(C(=O)Nc2nc3cc4c(cc3s2)OCCO4)[nH]c2c1C(=O)CC(C)(C)C2. The number of Topliss-reactive ketones (excluding diaryl/α,β-unsaturated/α-hetero) is 1. The zero-order valence-corrected chi connectivity index (χ0v) is 17.3. The molecule has 2 N–H and O–H groups in total. The number of anilines is 1. The van der Waals surface area contributed by atoms with Crippen LogP contribution < -0.4 is 14.8 Å². The van der Waals surface area contributed by atoms with Crippen LogP contribution in [0.5, 0.6) is 11.5 Å². The van der Waals surface area contributed by atoms with Crippen LogP contribution in [0.4, 0.5) is 5.13 Å². The minimum absolute atomic E-state index is 0.0922. The summed E-state index contributed by atoms with van der Waals surface area (Å²) in [4.78, 5) is 33.2. The van der Waals surface area contributed by atoms with Crippen LogP contribution in [-0.2, 0) is 6.42 Å². The van der Waals surface area contributed by atoms with Crippen molar-refractivity contribution in [3.8, 4) is 11.5 Å². The highest BCUT2D eigenvalue weighted by molar-refractivity contribution is 7.22. The number of amides is 1. The fourth-order valence-electron chi connectivity index (χ4n) is 4.14. The van der Waals surface area contributed by atoms with Crippen molar-refractivity contribution in [2.24, 2.45) is 5.41 Å². The molecule has 3 aromatic rings. The summed E-state index contributed by atoms with van der Waals surface area (Å²) in [6, 6.07) is 3.71. The Morgan fingerprint density at radius 3 is 2.69 bits per heavy atom. The van der Waals surface area contributed by atoms with Gasteiger partial charge in [-0.15, -0.1) is 0 Å². The molecule has 1 aliphatic heterocycles. The van der Waals surface area contributed by atoms with Crippen LogP contribution in [-0.4, -0.2) is 34.9 Å². The van der Waals surface area contributed by atoms with Crippen molar-refractivity contribution in [1.29, 1.82) is 0 Å². The van der Waals surface area contributed by atoms with Crippen LogP contribution in [0.2, 0.25) is 0 Å². The molecule has 0 unspecified atom stereocenters. The van der Waals surface area contributed by atoms with Crippen molar-refractivity contribution in [1.82, 2.24) is 9.97 Å². The first kappa shape index (κ1) is 18.2. The number of hydrogen-bond acceptors (Lipinski definition) is 6. The van der Waals surface area contributed by atoms with E-state index >= 15 is 0 Å². The molecule has 0 atom stereocenters. The first-order valence-electron chi connectivity index (χ1n) is 9.57. The number of carbonyl (C=O) groups is 2. The van der Waals surface area contributed by atoms with Gasteiger partial charge in [0.15, 0.2) is 22.4 Å². The third-order valence-corrected chi connectivity index (χ3v) is 6.33. The number of nitrogens with one attached hydrogen (secondary N) is 2. The van der Waals surface area contributed by atoms with E-state index in [0.29, 0.717) is 53.1 Å². The fourth-order valence-corrected chi connectivity index (χ4v) is 5.01. The van der Waals surface area contributed by atoms with Gasteiger partial charge in [0.25, 0.3) is 5.91 Å². The molecular weight excluding hydrogens is 390 g/mol. The summed E-state index contributed by atoms with van der Waals surface area (Å²) in [7, 11) is 0. The average Bonchev–Trinajstić information content (AvgIpc) is 3.18. The number of fused-ring (bicyclic) bond motifs is 3. The maximum Gasteiger partial charge on any atom is 0.274 e. The quantitative estimate of drug-likeness (QED) is 0.662. The molecule has 7 nitrogen and oxygen atoms in total. The first-order valence-corrected chi connectivity index (χ1v) is 10.4. The number of rotatable bonds is 2. The molecule has 0 fully saturated rings. The lowest BCUT2D eigenvalue weighted by Gasteiger charge is -2.28. The van der Waals surface area contributed by atoms with Crippen molar-refractivity contribution in [2.75, 3.05) is 18.5 Å². The maximum absolute atomic E-state index is 12.9. The topological polar surface area (TPSA) is 93.3 Å². The van der Waals surface area contributed by atoms with Gasteiger partial charge < -0.3 is 14.5 Å². The number of carbonyl (C=O) groups excluding carboxylic acids is 2. The highest BCUT2D eigenvalue weighted by atomic mass is 32.1. The highest BCUT2D eigenvalue weighted by Gasteiger charge is 2.35. The van der Waals surface area contributed by atoms with Crippen molar-refractivity contribution < 1.29 is 19.1 Å². The van der Waals surface area contributed by atoms with E-state index in [2.05, 4.69) is 29.1 Å². The Labute approximate surface area is 171 Å². The van der Waals surface area contributed by atoms with Gasteiger partial charge >= 0.3 is 0 Å². The second-order valence-corrected chi connectivity index (χ2v) is 9.39. The van der Waals surface area contributed by atoms with Crippen molar-refractivity contribution in [3.63, 3.8) is 0 Å². The van der Waals surface area contributed by atoms with Crippen LogP contribution in [0, 0.1) is 12.3 Å². The normalized spacial score (nSPS) is 17.3. The molecule has 1 amide bonds. The summed E-state index contributed by atoms with van der Waals surface area (Å²) in [6.07, 6.45) is 1.24. The monoisotopic (exact) mass is 411 g/mol. The van der Waals surface area contributed by atoms with Gasteiger partial charge in [-0.25, -0.2) is 4.98 Å². The maximum atomic E-state index is 12.9. The number of hydrogen-bond donors (Lipinski definition) is 2. The Kier molecular flexibility index (Phi) is 3.96. The van der Waals surface area contributed by atoms with Gasteiger partial charge in [-0.3, -0.25) is 14.9 Å². The van der Waals surface area contributed by atoms with Crippen molar-refractivity contribution >= 4 is 38.4 Å². The fraction of sp³-hybridized carbons (Fsp3) is 0.381. The molecule has 29 heavy (non-hydrogen) atoms. The van der Waals surface area contributed by atoms with Gasteiger partial charge in [0.2, 0.25) is 0 Å². The van der Waals surface area contributed by atoms with Gasteiger partial charge in [0.1, 0.15) is 18.9 Å². The lowest BCUT2D eigenvalue weighted by atomic mass is 9.75. The second kappa shape index (κ2) is 6.32. The number of benzene rings is 1. The summed E-state index contributed by atoms with van der Waals surface area (Å²) < 4.78 is 12.1.